The van der Waals surface area contributed by atoms with Gasteiger partial charge in [-0.15, -0.1) is 0 Å². The van der Waals surface area contributed by atoms with Crippen LogP contribution in [-0.2, 0) is 0 Å². The number of ether oxygens (including phenoxy) is 1. The van der Waals surface area contributed by atoms with E-state index in [1.54, 1.807) is 24.3 Å². The molecule has 0 radical (unpaired) electrons. The number of nitrogens with one attached hydrogen (secondary N) is 1. The third kappa shape index (κ3) is 3.34. The van der Waals surface area contributed by atoms with Crippen LogP contribution in [0.1, 0.15) is 6.92 Å². The molecule has 5 heteroatoms. The van der Waals surface area contributed by atoms with Crippen molar-refractivity contribution in [3.63, 3.8) is 0 Å². The molecule has 0 heterocycles. The number of halogens is 3. The van der Waals surface area contributed by atoms with Crippen LogP contribution in [0.3, 0.4) is 0 Å². The largest absolute Gasteiger partial charge is 0.497 e. The van der Waals surface area contributed by atoms with Gasteiger partial charge in [-0.3, -0.25) is 0 Å². The van der Waals surface area contributed by atoms with Gasteiger partial charge >= 0.3 is 6.18 Å². The molecule has 2 nitrogen and oxygen atoms in total. The molecule has 0 aliphatic rings. The molecule has 1 aromatic rings. The van der Waals surface area contributed by atoms with Crippen LogP contribution in [0.4, 0.5) is 18.9 Å². The van der Waals surface area contributed by atoms with Crippen LogP contribution < -0.4 is 10.1 Å². The molecule has 1 N–H and O–H groups in total. The van der Waals surface area contributed by atoms with Crippen molar-refractivity contribution in [2.24, 2.45) is 0 Å². The average Bonchev–Trinajstić information content (AvgIpc) is 2.17. The fourth-order valence-corrected chi connectivity index (χ4v) is 1.02. The lowest BCUT2D eigenvalue weighted by Crippen LogP contribution is -2.32. The van der Waals surface area contributed by atoms with Gasteiger partial charge < -0.3 is 10.1 Å². The minimum Gasteiger partial charge on any atom is -0.497 e. The van der Waals surface area contributed by atoms with E-state index in [9.17, 15) is 13.2 Å². The van der Waals surface area contributed by atoms with E-state index in [0.29, 0.717) is 11.4 Å². The highest BCUT2D eigenvalue weighted by Gasteiger charge is 2.35. The normalized spacial score (nSPS) is 13.4. The van der Waals surface area contributed by atoms with E-state index in [0.717, 1.165) is 6.92 Å². The van der Waals surface area contributed by atoms with Crippen molar-refractivity contribution in [3.8, 4) is 5.75 Å². The topological polar surface area (TPSA) is 21.3 Å². The zero-order valence-corrected chi connectivity index (χ0v) is 8.43. The number of anilines is 1. The summed E-state index contributed by atoms with van der Waals surface area (Å²) in [7, 11) is 1.50. The van der Waals surface area contributed by atoms with Crippen molar-refractivity contribution in [1.82, 2.24) is 0 Å². The molecule has 0 bridgehead atoms. The summed E-state index contributed by atoms with van der Waals surface area (Å²) in [5.74, 6) is 0.611. The van der Waals surface area contributed by atoms with Crippen LogP contribution in [0.2, 0.25) is 0 Å². The summed E-state index contributed by atoms with van der Waals surface area (Å²) in [5.41, 5.74) is 0.417. The fraction of sp³-hybridized carbons (Fsp3) is 0.400. The molecule has 1 aromatic carbocycles. The second-order valence-corrected chi connectivity index (χ2v) is 3.14. The molecule has 1 rings (SSSR count). The highest BCUT2D eigenvalue weighted by atomic mass is 19.4. The van der Waals surface area contributed by atoms with E-state index >= 15 is 0 Å². The first kappa shape index (κ1) is 11.7. The monoisotopic (exact) mass is 219 g/mol. The van der Waals surface area contributed by atoms with E-state index in [1.165, 1.54) is 7.11 Å². The van der Waals surface area contributed by atoms with Gasteiger partial charge in [0.2, 0.25) is 0 Å². The van der Waals surface area contributed by atoms with Crippen LogP contribution in [-0.4, -0.2) is 19.3 Å². The summed E-state index contributed by atoms with van der Waals surface area (Å²) >= 11 is 0. The summed E-state index contributed by atoms with van der Waals surface area (Å²) in [6.07, 6.45) is -4.24. The Kier molecular flexibility index (Phi) is 3.44. The third-order valence-electron chi connectivity index (χ3n) is 1.96. The minimum absolute atomic E-state index is 0.417. The Hall–Kier alpha value is -1.39. The molecular weight excluding hydrogens is 207 g/mol. The summed E-state index contributed by atoms with van der Waals surface area (Å²) in [6, 6.07) is 4.73. The van der Waals surface area contributed by atoms with Crippen molar-refractivity contribution in [2.45, 2.75) is 19.1 Å². The summed E-state index contributed by atoms with van der Waals surface area (Å²) < 4.78 is 41.5. The molecule has 1 atom stereocenters. The second-order valence-electron chi connectivity index (χ2n) is 3.14. The predicted molar refractivity (Wildman–Crippen MR) is 52.1 cm³/mol. The van der Waals surface area contributed by atoms with Crippen LogP contribution in [0.5, 0.6) is 5.75 Å². The smallest absolute Gasteiger partial charge is 0.408 e. The Bertz CT molecular complexity index is 307. The van der Waals surface area contributed by atoms with Gasteiger partial charge in [-0.1, -0.05) is 0 Å². The summed E-state index contributed by atoms with van der Waals surface area (Å²) in [6.45, 7) is 1.07. The number of rotatable bonds is 3. The first-order chi connectivity index (χ1) is 6.93. The van der Waals surface area contributed by atoms with E-state index in [1.807, 2.05) is 0 Å². The molecule has 0 aliphatic heterocycles. The van der Waals surface area contributed by atoms with Gasteiger partial charge in [-0.05, 0) is 31.2 Å². The maximum absolute atomic E-state index is 12.2. The van der Waals surface area contributed by atoms with Crippen molar-refractivity contribution in [1.29, 1.82) is 0 Å². The van der Waals surface area contributed by atoms with E-state index in [-0.39, 0.29) is 0 Å². The zero-order chi connectivity index (χ0) is 11.5. The zero-order valence-electron chi connectivity index (χ0n) is 8.43. The molecule has 0 aromatic heterocycles. The molecule has 0 spiro atoms. The Morgan fingerprint density at radius 2 is 1.73 bits per heavy atom. The highest BCUT2D eigenvalue weighted by molar-refractivity contribution is 5.47. The predicted octanol–water partition coefficient (Wildman–Crippen LogP) is 3.06. The molecular formula is C10H12F3NO. The average molecular weight is 219 g/mol. The molecule has 15 heavy (non-hydrogen) atoms. The minimum atomic E-state index is -4.24. The van der Waals surface area contributed by atoms with Crippen LogP contribution in [0, 0.1) is 0 Å². The number of benzene rings is 1. The van der Waals surface area contributed by atoms with Crippen molar-refractivity contribution in [2.75, 3.05) is 12.4 Å². The van der Waals surface area contributed by atoms with E-state index in [2.05, 4.69) is 5.32 Å². The van der Waals surface area contributed by atoms with E-state index < -0.39 is 12.2 Å². The Morgan fingerprint density at radius 3 is 2.13 bits per heavy atom. The van der Waals surface area contributed by atoms with Gasteiger partial charge in [0.25, 0.3) is 0 Å². The van der Waals surface area contributed by atoms with Crippen molar-refractivity contribution >= 4 is 5.69 Å². The first-order valence-corrected chi connectivity index (χ1v) is 4.41. The number of hydrogen-bond acceptors (Lipinski definition) is 2. The summed E-state index contributed by atoms with van der Waals surface area (Å²) in [4.78, 5) is 0. The van der Waals surface area contributed by atoms with Gasteiger partial charge in [0.1, 0.15) is 11.8 Å². The molecule has 0 saturated carbocycles. The molecule has 84 valence electrons. The van der Waals surface area contributed by atoms with Gasteiger partial charge in [0.15, 0.2) is 0 Å². The van der Waals surface area contributed by atoms with Crippen LogP contribution in [0.25, 0.3) is 0 Å². The van der Waals surface area contributed by atoms with E-state index in [4.69, 9.17) is 4.74 Å². The maximum atomic E-state index is 12.2. The van der Waals surface area contributed by atoms with Gasteiger partial charge in [-0.2, -0.15) is 13.2 Å². The molecule has 0 unspecified atom stereocenters. The Balaban J connectivity index is 2.65. The number of hydrogen-bond donors (Lipinski definition) is 1. The number of alkyl halides is 3. The molecule has 0 fully saturated rings. The number of methoxy groups -OCH3 is 1. The SMILES string of the molecule is COc1ccc(N[C@H](C)C(F)(F)F)cc1. The lowest BCUT2D eigenvalue weighted by molar-refractivity contribution is -0.138. The van der Waals surface area contributed by atoms with Crippen molar-refractivity contribution < 1.29 is 17.9 Å². The second kappa shape index (κ2) is 4.42. The lowest BCUT2D eigenvalue weighted by atomic mass is 10.2. The van der Waals surface area contributed by atoms with Gasteiger partial charge in [0.05, 0.1) is 7.11 Å². The fourth-order valence-electron chi connectivity index (χ4n) is 1.02. The third-order valence-corrected chi connectivity index (χ3v) is 1.96. The molecule has 0 saturated heterocycles. The van der Waals surface area contributed by atoms with Crippen LogP contribution >= 0.6 is 0 Å². The first-order valence-electron chi connectivity index (χ1n) is 4.41. The summed E-state index contributed by atoms with van der Waals surface area (Å²) in [5, 5.41) is 2.35. The quantitative estimate of drug-likeness (QED) is 0.843. The highest BCUT2D eigenvalue weighted by Crippen LogP contribution is 2.24. The standard InChI is InChI=1S/C10H12F3NO/c1-7(10(11,12)13)14-8-3-5-9(15-2)6-4-8/h3-7,14H,1-2H3/t7-/m1/s1. The van der Waals surface area contributed by atoms with Gasteiger partial charge in [0, 0.05) is 5.69 Å². The molecule has 0 aliphatic carbocycles. The van der Waals surface area contributed by atoms with Crippen molar-refractivity contribution in [3.05, 3.63) is 24.3 Å². The lowest BCUT2D eigenvalue weighted by Gasteiger charge is -2.18. The van der Waals surface area contributed by atoms with Gasteiger partial charge in [-0.25, -0.2) is 0 Å². The Labute approximate surface area is 86.1 Å². The maximum Gasteiger partial charge on any atom is 0.408 e. The Morgan fingerprint density at radius 1 is 1.20 bits per heavy atom. The van der Waals surface area contributed by atoms with Crippen LogP contribution in [0.15, 0.2) is 24.3 Å². The molecule has 0 amide bonds.